The molecule has 1 amide bonds. The fraction of sp³-hybridized carbons (Fsp3) is 0.855. The molecule has 11 heteroatoms. The minimum absolute atomic E-state index is 0.105. The third kappa shape index (κ3) is 44.2. The Bertz CT molecular complexity index is 1490. The molecule has 1 aliphatic rings. The maximum absolute atomic E-state index is 13.5. The van der Waals surface area contributed by atoms with E-state index in [0.717, 1.165) is 70.6 Å². The first-order chi connectivity index (χ1) is 39.2. The summed E-state index contributed by atoms with van der Waals surface area (Å²) in [5, 5.41) is 57.1. The maximum Gasteiger partial charge on any atom is 0.306 e. The summed E-state index contributed by atoms with van der Waals surface area (Å²) in [6.45, 7) is 5.77. The SMILES string of the molecule is CCCCC/C=C\C/C=C\CCCCCCCCCCCCCCCCCCC(O)C(=O)NC(COC1OC(CO)C(O)C(O)C1OC(=O)CCCCC/C=C\CCCCCCCC)C(O)/C=C/CCCCCCCCCCCC. The van der Waals surface area contributed by atoms with Gasteiger partial charge in [0.1, 0.15) is 24.4 Å². The fourth-order valence-electron chi connectivity index (χ4n) is 10.6. The van der Waals surface area contributed by atoms with Gasteiger partial charge in [0.05, 0.1) is 25.4 Å². The number of esters is 1. The molecule has 11 nitrogen and oxygen atoms in total. The first-order valence-electron chi connectivity index (χ1n) is 33.9. The molecule has 0 radical (unpaired) electrons. The van der Waals surface area contributed by atoms with E-state index >= 15 is 0 Å². The second-order valence-electron chi connectivity index (χ2n) is 23.6. The molecule has 80 heavy (non-hydrogen) atoms. The quantitative estimate of drug-likeness (QED) is 0.0195. The Labute approximate surface area is 491 Å². The van der Waals surface area contributed by atoms with Crippen LogP contribution in [0.2, 0.25) is 0 Å². The van der Waals surface area contributed by atoms with Gasteiger partial charge in [-0.3, -0.25) is 9.59 Å². The highest BCUT2D eigenvalue weighted by atomic mass is 16.7. The third-order valence-corrected chi connectivity index (χ3v) is 16.0. The second kappa shape index (κ2) is 57.1. The largest absolute Gasteiger partial charge is 0.454 e. The van der Waals surface area contributed by atoms with Gasteiger partial charge in [-0.25, -0.2) is 0 Å². The molecule has 8 unspecified atom stereocenters. The van der Waals surface area contributed by atoms with E-state index in [1.54, 1.807) is 6.08 Å². The van der Waals surface area contributed by atoms with Crippen LogP contribution in [0.4, 0.5) is 0 Å². The van der Waals surface area contributed by atoms with Gasteiger partial charge in [-0.05, 0) is 83.5 Å². The van der Waals surface area contributed by atoms with Crippen LogP contribution in [0.15, 0.2) is 48.6 Å². The van der Waals surface area contributed by atoms with Gasteiger partial charge in [-0.2, -0.15) is 0 Å². The predicted octanol–water partition coefficient (Wildman–Crippen LogP) is 16.8. The number of amides is 1. The zero-order chi connectivity index (χ0) is 58.2. The van der Waals surface area contributed by atoms with Crippen LogP contribution in [-0.2, 0) is 23.8 Å². The average Bonchev–Trinajstić information content (AvgIpc) is 3.51. The van der Waals surface area contributed by atoms with Crippen LogP contribution in [0, 0.1) is 0 Å². The monoisotopic (exact) mass is 1130 g/mol. The standard InChI is InChI=1S/C69H127NO10/c1-4-7-10-13-16-19-22-25-26-27-28-29-30-31-32-33-34-35-36-37-39-41-44-47-50-53-56-62(73)68(77)70-60(61(72)55-52-49-46-43-40-24-21-18-15-12-9-6-3)59-78-69-67(66(76)65(75)63(58-71)79-69)80-64(74)57-54-51-48-45-42-38-23-20-17-14-11-8-5-2/h16,19,25-26,38,42,52,55,60-63,65-67,69,71-73,75-76H,4-15,17-18,20-24,27-37,39-41,43-51,53-54,56-59H2,1-3H3,(H,70,77)/b19-16-,26-25-,42-38-,55-52+. The Morgan fingerprint density at radius 1 is 0.487 bits per heavy atom. The summed E-state index contributed by atoms with van der Waals surface area (Å²) in [6, 6.07) is -1.03. The molecule has 1 saturated heterocycles. The number of aliphatic hydroxyl groups is 5. The van der Waals surface area contributed by atoms with Crippen molar-refractivity contribution in [3.8, 4) is 0 Å². The highest BCUT2D eigenvalue weighted by Crippen LogP contribution is 2.26. The van der Waals surface area contributed by atoms with Crippen molar-refractivity contribution in [1.29, 1.82) is 0 Å². The molecule has 0 bridgehead atoms. The molecule has 6 N–H and O–H groups in total. The highest BCUT2D eigenvalue weighted by Gasteiger charge is 2.47. The number of unbranched alkanes of at least 4 members (excludes halogenated alkanes) is 38. The van der Waals surface area contributed by atoms with E-state index < -0.39 is 67.4 Å². The summed E-state index contributed by atoms with van der Waals surface area (Å²) < 4.78 is 17.6. The Balaban J connectivity index is 2.56. The van der Waals surface area contributed by atoms with Crippen molar-refractivity contribution in [2.75, 3.05) is 13.2 Å². The molecule has 8 atom stereocenters. The van der Waals surface area contributed by atoms with Crippen LogP contribution >= 0.6 is 0 Å². The molecule has 1 fully saturated rings. The third-order valence-electron chi connectivity index (χ3n) is 16.0. The van der Waals surface area contributed by atoms with Crippen molar-refractivity contribution in [3.05, 3.63) is 48.6 Å². The molecule has 0 aromatic rings. The summed E-state index contributed by atoms with van der Waals surface area (Å²) in [5.41, 5.74) is 0. The number of aliphatic hydroxyl groups excluding tert-OH is 5. The van der Waals surface area contributed by atoms with Crippen molar-refractivity contribution in [2.45, 2.75) is 365 Å². The van der Waals surface area contributed by atoms with Crippen molar-refractivity contribution in [1.82, 2.24) is 5.32 Å². The average molecular weight is 1130 g/mol. The van der Waals surface area contributed by atoms with Crippen LogP contribution in [0.25, 0.3) is 0 Å². The minimum Gasteiger partial charge on any atom is -0.454 e. The van der Waals surface area contributed by atoms with Gasteiger partial charge >= 0.3 is 5.97 Å². The molecule has 1 aliphatic heterocycles. The second-order valence-corrected chi connectivity index (χ2v) is 23.6. The van der Waals surface area contributed by atoms with Crippen molar-refractivity contribution >= 4 is 11.9 Å². The van der Waals surface area contributed by atoms with E-state index in [0.29, 0.717) is 19.3 Å². The lowest BCUT2D eigenvalue weighted by Gasteiger charge is -2.41. The lowest BCUT2D eigenvalue weighted by Crippen LogP contribution is -2.61. The van der Waals surface area contributed by atoms with E-state index in [-0.39, 0.29) is 13.0 Å². The first kappa shape index (κ1) is 75.6. The smallest absolute Gasteiger partial charge is 0.306 e. The molecular formula is C69H127NO10. The van der Waals surface area contributed by atoms with Gasteiger partial charge < -0.3 is 45.1 Å². The molecule has 0 saturated carbocycles. The summed E-state index contributed by atoms with van der Waals surface area (Å²) >= 11 is 0. The molecule has 1 rings (SSSR count). The number of hydrogen-bond acceptors (Lipinski definition) is 10. The topological polar surface area (TPSA) is 175 Å². The van der Waals surface area contributed by atoms with E-state index in [2.05, 4.69) is 62.5 Å². The molecule has 468 valence electrons. The predicted molar refractivity (Wildman–Crippen MR) is 334 cm³/mol. The highest BCUT2D eigenvalue weighted by molar-refractivity contribution is 5.80. The summed E-state index contributed by atoms with van der Waals surface area (Å²) in [6.07, 6.45) is 60.2. The number of carbonyl (C=O) groups is 2. The summed E-state index contributed by atoms with van der Waals surface area (Å²) in [4.78, 5) is 26.6. The lowest BCUT2D eigenvalue weighted by molar-refractivity contribution is -0.305. The number of nitrogens with one attached hydrogen (secondary N) is 1. The van der Waals surface area contributed by atoms with Crippen molar-refractivity contribution in [3.63, 3.8) is 0 Å². The Morgan fingerprint density at radius 2 is 0.863 bits per heavy atom. The van der Waals surface area contributed by atoms with E-state index in [4.69, 9.17) is 14.2 Å². The molecule has 0 aromatic heterocycles. The van der Waals surface area contributed by atoms with Crippen molar-refractivity contribution in [2.24, 2.45) is 0 Å². The Morgan fingerprint density at radius 3 is 1.31 bits per heavy atom. The van der Waals surface area contributed by atoms with Crippen molar-refractivity contribution < 1.29 is 49.3 Å². The van der Waals surface area contributed by atoms with Gasteiger partial charge in [0.2, 0.25) is 5.91 Å². The van der Waals surface area contributed by atoms with E-state index in [1.807, 2.05) is 6.08 Å². The molecule has 0 aromatic carbocycles. The van der Waals surface area contributed by atoms with Crippen LogP contribution in [0.3, 0.4) is 0 Å². The zero-order valence-electron chi connectivity index (χ0n) is 52.0. The van der Waals surface area contributed by atoms with E-state index in [1.165, 1.54) is 199 Å². The van der Waals surface area contributed by atoms with Gasteiger partial charge in [-0.15, -0.1) is 0 Å². The minimum atomic E-state index is -1.62. The van der Waals surface area contributed by atoms with Gasteiger partial charge in [0.15, 0.2) is 12.4 Å². The lowest BCUT2D eigenvalue weighted by atomic mass is 9.99. The van der Waals surface area contributed by atoms with Crippen LogP contribution in [0.1, 0.15) is 316 Å². The number of ether oxygens (including phenoxy) is 3. The summed E-state index contributed by atoms with van der Waals surface area (Å²) in [5.74, 6) is -1.20. The maximum atomic E-state index is 13.5. The van der Waals surface area contributed by atoms with Crippen LogP contribution in [-0.4, -0.2) is 99.6 Å². The number of rotatable bonds is 58. The van der Waals surface area contributed by atoms with Gasteiger partial charge in [0.25, 0.3) is 0 Å². The normalized spacial score (nSPS) is 19.0. The first-order valence-corrected chi connectivity index (χ1v) is 33.9. The van der Waals surface area contributed by atoms with Crippen LogP contribution in [0.5, 0.6) is 0 Å². The Kier molecular flexibility index (Phi) is 54.0. The van der Waals surface area contributed by atoms with Gasteiger partial charge in [-0.1, -0.05) is 275 Å². The Hall–Kier alpha value is -2.38. The van der Waals surface area contributed by atoms with E-state index in [9.17, 15) is 35.1 Å². The number of allylic oxidation sites excluding steroid dienone is 7. The molecule has 0 spiro atoms. The molecule has 0 aliphatic carbocycles. The molecular weight excluding hydrogens is 1000 g/mol. The summed E-state index contributed by atoms with van der Waals surface area (Å²) in [7, 11) is 0. The molecule has 1 heterocycles. The zero-order valence-corrected chi connectivity index (χ0v) is 52.0. The fourth-order valence-corrected chi connectivity index (χ4v) is 10.6. The van der Waals surface area contributed by atoms with Crippen LogP contribution < -0.4 is 5.32 Å². The number of hydrogen-bond donors (Lipinski definition) is 6. The number of carbonyl (C=O) groups excluding carboxylic acids is 2. The van der Waals surface area contributed by atoms with Gasteiger partial charge in [0, 0.05) is 6.42 Å².